The first-order chi connectivity index (χ1) is 10.2. The summed E-state index contributed by atoms with van der Waals surface area (Å²) >= 11 is 0. The molecule has 2 aliphatic rings. The van der Waals surface area contributed by atoms with Crippen molar-refractivity contribution in [3.63, 3.8) is 0 Å². The molecule has 21 heavy (non-hydrogen) atoms. The van der Waals surface area contributed by atoms with Crippen LogP contribution in [0, 0.1) is 0 Å². The Bertz CT molecular complexity index is 520. The molecule has 0 aliphatic carbocycles. The predicted octanol–water partition coefficient (Wildman–Crippen LogP) is 1.71. The Hall–Kier alpha value is -2.24. The number of urea groups is 2. The first kappa shape index (κ1) is 13.7. The van der Waals surface area contributed by atoms with E-state index in [1.54, 1.807) is 4.90 Å². The second kappa shape index (κ2) is 6.03. The molecule has 1 aromatic carbocycles. The third-order valence-electron chi connectivity index (χ3n) is 4.04. The fourth-order valence-corrected chi connectivity index (χ4v) is 2.95. The van der Waals surface area contributed by atoms with Crippen LogP contribution in [0.25, 0.3) is 0 Å². The van der Waals surface area contributed by atoms with Crippen molar-refractivity contribution in [2.24, 2.45) is 0 Å². The van der Waals surface area contributed by atoms with Crippen LogP contribution in [0.3, 0.4) is 0 Å². The average molecular weight is 288 g/mol. The summed E-state index contributed by atoms with van der Waals surface area (Å²) < 4.78 is 0. The maximum absolute atomic E-state index is 12.3. The number of rotatable bonds is 2. The van der Waals surface area contributed by atoms with Crippen LogP contribution >= 0.6 is 0 Å². The van der Waals surface area contributed by atoms with Crippen LogP contribution in [0.2, 0.25) is 0 Å². The number of benzene rings is 1. The van der Waals surface area contributed by atoms with E-state index >= 15 is 0 Å². The highest BCUT2D eigenvalue weighted by molar-refractivity contribution is 5.89. The minimum atomic E-state index is -0.0921. The van der Waals surface area contributed by atoms with Gasteiger partial charge in [0, 0.05) is 31.9 Å². The quantitative estimate of drug-likeness (QED) is 0.870. The molecule has 1 atom stereocenters. The standard InChI is InChI=1S/C15H20N4O2/c20-14-16-8-10-19(14)13-7-4-9-18(11-13)15(21)17-12-5-2-1-3-6-12/h1-3,5-6,13H,4,7-11H2,(H,16,20)(H,17,21)/t13-/m0/s1. The van der Waals surface area contributed by atoms with Gasteiger partial charge in [-0.1, -0.05) is 18.2 Å². The minimum Gasteiger partial charge on any atom is -0.336 e. The number of hydrogen-bond donors (Lipinski definition) is 2. The van der Waals surface area contributed by atoms with Gasteiger partial charge in [0.2, 0.25) is 0 Å². The van der Waals surface area contributed by atoms with Gasteiger partial charge >= 0.3 is 12.1 Å². The summed E-state index contributed by atoms with van der Waals surface area (Å²) in [6.45, 7) is 2.78. The molecule has 2 fully saturated rings. The Morgan fingerprint density at radius 2 is 2.05 bits per heavy atom. The predicted molar refractivity (Wildman–Crippen MR) is 80.2 cm³/mol. The molecule has 6 nitrogen and oxygen atoms in total. The molecule has 2 heterocycles. The molecular formula is C15H20N4O2. The van der Waals surface area contributed by atoms with Crippen molar-refractivity contribution in [2.75, 3.05) is 31.5 Å². The number of likely N-dealkylation sites (tertiary alicyclic amines) is 1. The van der Waals surface area contributed by atoms with Crippen molar-refractivity contribution in [3.8, 4) is 0 Å². The summed E-state index contributed by atoms with van der Waals surface area (Å²) in [6.07, 6.45) is 1.89. The summed E-state index contributed by atoms with van der Waals surface area (Å²) in [4.78, 5) is 27.7. The Morgan fingerprint density at radius 1 is 1.24 bits per heavy atom. The van der Waals surface area contributed by atoms with E-state index in [1.807, 2.05) is 35.2 Å². The Balaban J connectivity index is 1.60. The van der Waals surface area contributed by atoms with Crippen LogP contribution in [-0.2, 0) is 0 Å². The summed E-state index contributed by atoms with van der Waals surface area (Å²) in [7, 11) is 0. The topological polar surface area (TPSA) is 64.7 Å². The molecule has 4 amide bonds. The molecule has 6 heteroatoms. The number of amides is 4. The first-order valence-electron chi connectivity index (χ1n) is 7.39. The van der Waals surface area contributed by atoms with E-state index in [0.717, 1.165) is 31.6 Å². The Morgan fingerprint density at radius 3 is 2.76 bits per heavy atom. The van der Waals surface area contributed by atoms with E-state index in [-0.39, 0.29) is 18.1 Å². The van der Waals surface area contributed by atoms with Gasteiger partial charge in [0.1, 0.15) is 0 Å². The van der Waals surface area contributed by atoms with Gasteiger partial charge in [-0.25, -0.2) is 9.59 Å². The Labute approximate surface area is 124 Å². The lowest BCUT2D eigenvalue weighted by Crippen LogP contribution is -2.51. The number of piperidine rings is 1. The third-order valence-corrected chi connectivity index (χ3v) is 4.04. The number of carbonyl (C=O) groups is 2. The van der Waals surface area contributed by atoms with Crippen molar-refractivity contribution in [3.05, 3.63) is 30.3 Å². The molecule has 0 aromatic heterocycles. The average Bonchev–Trinajstić information content (AvgIpc) is 2.94. The normalized spacial score (nSPS) is 22.1. The summed E-state index contributed by atoms with van der Waals surface area (Å²) in [5.74, 6) is 0. The van der Waals surface area contributed by atoms with E-state index in [4.69, 9.17) is 0 Å². The van der Waals surface area contributed by atoms with Crippen LogP contribution in [0.1, 0.15) is 12.8 Å². The number of hydrogen-bond acceptors (Lipinski definition) is 2. The van der Waals surface area contributed by atoms with Crippen LogP contribution in [0.5, 0.6) is 0 Å². The van der Waals surface area contributed by atoms with Crippen molar-refractivity contribution >= 4 is 17.7 Å². The molecule has 0 bridgehead atoms. The minimum absolute atomic E-state index is 0.00897. The Kier molecular flexibility index (Phi) is 3.94. The number of nitrogens with one attached hydrogen (secondary N) is 2. The molecule has 0 unspecified atom stereocenters. The first-order valence-corrected chi connectivity index (χ1v) is 7.39. The second-order valence-electron chi connectivity index (χ2n) is 5.46. The summed E-state index contributed by atoms with van der Waals surface area (Å²) in [5.41, 5.74) is 0.795. The number of nitrogens with zero attached hydrogens (tertiary/aromatic N) is 2. The summed E-state index contributed by atoms with van der Waals surface area (Å²) in [5, 5.41) is 5.72. The monoisotopic (exact) mass is 288 g/mol. The van der Waals surface area contributed by atoms with Crippen LogP contribution in [0.4, 0.5) is 15.3 Å². The van der Waals surface area contributed by atoms with E-state index in [0.29, 0.717) is 13.1 Å². The van der Waals surface area contributed by atoms with Gasteiger partial charge in [-0.3, -0.25) is 0 Å². The molecule has 0 radical (unpaired) electrons. The second-order valence-corrected chi connectivity index (χ2v) is 5.46. The van der Waals surface area contributed by atoms with Gasteiger partial charge in [0.15, 0.2) is 0 Å². The lowest BCUT2D eigenvalue weighted by atomic mass is 10.0. The lowest BCUT2D eigenvalue weighted by Gasteiger charge is -2.36. The van der Waals surface area contributed by atoms with E-state index < -0.39 is 0 Å². The highest BCUT2D eigenvalue weighted by Crippen LogP contribution is 2.18. The van der Waals surface area contributed by atoms with E-state index in [2.05, 4.69) is 10.6 Å². The zero-order valence-corrected chi connectivity index (χ0v) is 11.9. The highest BCUT2D eigenvalue weighted by atomic mass is 16.2. The maximum Gasteiger partial charge on any atom is 0.321 e. The zero-order valence-electron chi connectivity index (χ0n) is 11.9. The van der Waals surface area contributed by atoms with Gasteiger partial charge < -0.3 is 20.4 Å². The van der Waals surface area contributed by atoms with Crippen molar-refractivity contribution < 1.29 is 9.59 Å². The van der Waals surface area contributed by atoms with E-state index in [9.17, 15) is 9.59 Å². The molecule has 0 spiro atoms. The maximum atomic E-state index is 12.3. The molecule has 1 aromatic rings. The van der Waals surface area contributed by atoms with Crippen LogP contribution in [0.15, 0.2) is 30.3 Å². The largest absolute Gasteiger partial charge is 0.336 e. The van der Waals surface area contributed by atoms with Gasteiger partial charge in [-0.15, -0.1) is 0 Å². The van der Waals surface area contributed by atoms with Crippen LogP contribution < -0.4 is 10.6 Å². The van der Waals surface area contributed by atoms with Gasteiger partial charge in [-0.05, 0) is 25.0 Å². The molecule has 2 aliphatic heterocycles. The summed E-state index contributed by atoms with van der Waals surface area (Å²) in [6, 6.07) is 9.46. The molecule has 3 rings (SSSR count). The molecule has 112 valence electrons. The highest BCUT2D eigenvalue weighted by Gasteiger charge is 2.32. The number of para-hydroxylation sites is 1. The van der Waals surface area contributed by atoms with Gasteiger partial charge in [-0.2, -0.15) is 0 Å². The fraction of sp³-hybridized carbons (Fsp3) is 0.467. The number of carbonyl (C=O) groups excluding carboxylic acids is 2. The zero-order chi connectivity index (χ0) is 14.7. The van der Waals surface area contributed by atoms with Gasteiger partial charge in [0.05, 0.1) is 6.04 Å². The SMILES string of the molecule is O=C(Nc1ccccc1)N1CCC[C@H](N2CCNC2=O)C1. The molecular weight excluding hydrogens is 268 g/mol. The fourth-order valence-electron chi connectivity index (χ4n) is 2.95. The van der Waals surface area contributed by atoms with Gasteiger partial charge in [0.25, 0.3) is 0 Å². The molecule has 0 saturated carbocycles. The van der Waals surface area contributed by atoms with Crippen molar-refractivity contribution in [1.29, 1.82) is 0 Å². The lowest BCUT2D eigenvalue weighted by molar-refractivity contribution is 0.139. The smallest absolute Gasteiger partial charge is 0.321 e. The van der Waals surface area contributed by atoms with Crippen LogP contribution in [-0.4, -0.2) is 54.1 Å². The van der Waals surface area contributed by atoms with Crippen molar-refractivity contribution in [2.45, 2.75) is 18.9 Å². The third kappa shape index (κ3) is 3.09. The van der Waals surface area contributed by atoms with E-state index in [1.165, 1.54) is 0 Å². The number of anilines is 1. The molecule has 2 saturated heterocycles. The molecule has 2 N–H and O–H groups in total. The van der Waals surface area contributed by atoms with Crippen molar-refractivity contribution in [1.82, 2.24) is 15.1 Å².